The van der Waals surface area contributed by atoms with Gasteiger partial charge in [0.2, 0.25) is 0 Å². The van der Waals surface area contributed by atoms with Gasteiger partial charge < -0.3 is 28.4 Å². The van der Waals surface area contributed by atoms with Gasteiger partial charge in [0.25, 0.3) is 0 Å². The predicted molar refractivity (Wildman–Crippen MR) is 244 cm³/mol. The van der Waals surface area contributed by atoms with Crippen LogP contribution in [0.5, 0.6) is 5.75 Å². The van der Waals surface area contributed by atoms with Crippen LogP contribution in [0.25, 0.3) is 0 Å². The molecule has 10 heteroatoms. The summed E-state index contributed by atoms with van der Waals surface area (Å²) in [6.07, 6.45) is 2.46. The lowest BCUT2D eigenvalue weighted by Crippen LogP contribution is -2.76. The molecule has 1 fully saturated rings. The lowest BCUT2D eigenvalue weighted by molar-refractivity contribution is -0.162. The topological polar surface area (TPSA) is 84.5 Å². The summed E-state index contributed by atoms with van der Waals surface area (Å²) < 4.78 is 56.8. The molecular formula is C50H63NO7SSi. The van der Waals surface area contributed by atoms with Crippen molar-refractivity contribution in [2.45, 2.75) is 101 Å². The molecule has 6 rings (SSSR count). The van der Waals surface area contributed by atoms with Gasteiger partial charge in [0.1, 0.15) is 26.0 Å². The van der Waals surface area contributed by atoms with Crippen molar-refractivity contribution in [3.8, 4) is 5.75 Å². The van der Waals surface area contributed by atoms with Crippen LogP contribution in [0.1, 0.15) is 63.1 Å². The molecule has 1 aliphatic rings. The number of methoxy groups -OCH3 is 1. The molecule has 1 heterocycles. The van der Waals surface area contributed by atoms with Crippen LogP contribution in [0.3, 0.4) is 0 Å². The molecule has 5 atom stereocenters. The highest BCUT2D eigenvalue weighted by molar-refractivity contribution is 7.84. The van der Waals surface area contributed by atoms with Crippen LogP contribution >= 0.6 is 0 Å². The summed E-state index contributed by atoms with van der Waals surface area (Å²) >= 11 is 0. The van der Waals surface area contributed by atoms with Crippen molar-refractivity contribution in [1.29, 1.82) is 0 Å². The second-order valence-corrected chi connectivity index (χ2v) is 22.6. The van der Waals surface area contributed by atoms with E-state index in [0.717, 1.165) is 60.8 Å². The van der Waals surface area contributed by atoms with E-state index < -0.39 is 41.7 Å². The minimum Gasteiger partial charge on any atom is -0.497 e. The van der Waals surface area contributed by atoms with Crippen molar-refractivity contribution in [2.75, 3.05) is 26.9 Å². The molecule has 1 saturated heterocycles. The van der Waals surface area contributed by atoms with Gasteiger partial charge in [-0.05, 0) is 81.3 Å². The van der Waals surface area contributed by atoms with Gasteiger partial charge in [-0.1, -0.05) is 144 Å². The van der Waals surface area contributed by atoms with Gasteiger partial charge in [-0.25, -0.2) is 8.93 Å². The van der Waals surface area contributed by atoms with Crippen molar-refractivity contribution in [3.63, 3.8) is 0 Å². The SMILES string of the molecule is COc1ccc(COC[C@@H](OCc2ccccc2)[C@H](OCc2ccccc2)[C@@H](N[S@@](=O)C(C)(C)C)[Si](CCCOC2CCCCO2)(c2ccccc2)c2ccccc2)cc1. The summed E-state index contributed by atoms with van der Waals surface area (Å²) in [6, 6.07) is 50.7. The van der Waals surface area contributed by atoms with E-state index in [1.54, 1.807) is 7.11 Å². The highest BCUT2D eigenvalue weighted by Gasteiger charge is 2.52. The smallest absolute Gasteiger partial charge is 0.157 e. The fraction of sp³-hybridized carbons (Fsp3) is 0.400. The fourth-order valence-electron chi connectivity index (χ4n) is 7.80. The summed E-state index contributed by atoms with van der Waals surface area (Å²) in [5.41, 5.74) is 2.63. The molecule has 0 spiro atoms. The summed E-state index contributed by atoms with van der Waals surface area (Å²) in [5.74, 6) is 0.790. The number of nitrogens with one attached hydrogen (secondary N) is 1. The third-order valence-corrected chi connectivity index (χ3v) is 18.2. The number of rotatable bonds is 23. The van der Waals surface area contributed by atoms with Gasteiger partial charge in [-0.15, -0.1) is 0 Å². The Bertz CT molecular complexity index is 1920. The lowest BCUT2D eigenvalue weighted by Gasteiger charge is -2.46. The van der Waals surface area contributed by atoms with Crippen LogP contribution < -0.4 is 19.8 Å². The first kappa shape index (κ1) is 45.6. The minimum absolute atomic E-state index is 0.189. The molecule has 5 aromatic carbocycles. The van der Waals surface area contributed by atoms with E-state index in [2.05, 4.69) is 89.7 Å². The van der Waals surface area contributed by atoms with Crippen LogP contribution in [0.2, 0.25) is 6.04 Å². The first-order valence-corrected chi connectivity index (χ1v) is 24.7. The molecule has 5 aromatic rings. The highest BCUT2D eigenvalue weighted by Crippen LogP contribution is 2.29. The van der Waals surface area contributed by atoms with Crippen LogP contribution in [-0.2, 0) is 54.5 Å². The Morgan fingerprint density at radius 2 is 1.27 bits per heavy atom. The zero-order valence-corrected chi connectivity index (χ0v) is 37.5. The Kier molecular flexibility index (Phi) is 17.7. The molecule has 1 unspecified atom stereocenters. The molecule has 0 bridgehead atoms. The monoisotopic (exact) mass is 849 g/mol. The number of hydrogen-bond donors (Lipinski definition) is 1. The normalized spacial score (nSPS) is 16.8. The third kappa shape index (κ3) is 13.0. The Morgan fingerprint density at radius 3 is 1.80 bits per heavy atom. The summed E-state index contributed by atoms with van der Waals surface area (Å²) in [7, 11) is -2.92. The van der Waals surface area contributed by atoms with Crippen molar-refractivity contribution in [3.05, 3.63) is 162 Å². The Morgan fingerprint density at radius 1 is 0.717 bits per heavy atom. The van der Waals surface area contributed by atoms with E-state index in [4.69, 9.17) is 28.4 Å². The number of ether oxygens (including phenoxy) is 6. The first-order chi connectivity index (χ1) is 29.3. The second-order valence-electron chi connectivity index (χ2n) is 16.4. The largest absolute Gasteiger partial charge is 0.497 e. The lowest BCUT2D eigenvalue weighted by atomic mass is 10.1. The van der Waals surface area contributed by atoms with Gasteiger partial charge in [0.15, 0.2) is 6.29 Å². The molecule has 1 aliphatic heterocycles. The van der Waals surface area contributed by atoms with E-state index in [0.29, 0.717) is 26.4 Å². The fourth-order valence-corrected chi connectivity index (χ4v) is 14.7. The Balaban J connectivity index is 1.48. The summed E-state index contributed by atoms with van der Waals surface area (Å²) in [6.45, 7) is 8.59. The maximum atomic E-state index is 14.8. The molecule has 60 heavy (non-hydrogen) atoms. The molecule has 0 saturated carbocycles. The van der Waals surface area contributed by atoms with Crippen LogP contribution in [0.4, 0.5) is 0 Å². The first-order valence-electron chi connectivity index (χ1n) is 21.3. The van der Waals surface area contributed by atoms with Gasteiger partial charge in [-0.2, -0.15) is 0 Å². The van der Waals surface area contributed by atoms with Gasteiger partial charge >= 0.3 is 0 Å². The van der Waals surface area contributed by atoms with Crippen molar-refractivity contribution in [1.82, 2.24) is 4.72 Å². The molecule has 0 aliphatic carbocycles. The van der Waals surface area contributed by atoms with Gasteiger partial charge in [-0.3, -0.25) is 0 Å². The molecule has 0 radical (unpaired) electrons. The maximum Gasteiger partial charge on any atom is 0.157 e. The average molecular weight is 850 g/mol. The number of hydrogen-bond acceptors (Lipinski definition) is 7. The second kappa shape index (κ2) is 23.3. The zero-order chi connectivity index (χ0) is 42.0. The molecule has 0 aromatic heterocycles. The van der Waals surface area contributed by atoms with E-state index in [1.165, 1.54) is 10.4 Å². The van der Waals surface area contributed by atoms with E-state index >= 15 is 0 Å². The van der Waals surface area contributed by atoms with Crippen molar-refractivity contribution < 1.29 is 32.6 Å². The van der Waals surface area contributed by atoms with Crippen LogP contribution in [0.15, 0.2) is 146 Å². The van der Waals surface area contributed by atoms with Gasteiger partial charge in [0, 0.05) is 13.2 Å². The van der Waals surface area contributed by atoms with Gasteiger partial charge in [0.05, 0.1) is 54.9 Å². The molecule has 320 valence electrons. The molecular weight excluding hydrogens is 787 g/mol. The van der Waals surface area contributed by atoms with E-state index in [1.807, 2.05) is 81.4 Å². The minimum atomic E-state index is -3.09. The average Bonchev–Trinajstić information content (AvgIpc) is 3.29. The third-order valence-electron chi connectivity index (χ3n) is 11.1. The van der Waals surface area contributed by atoms with E-state index in [-0.39, 0.29) is 12.9 Å². The molecule has 0 amide bonds. The Labute approximate surface area is 361 Å². The van der Waals surface area contributed by atoms with Crippen LogP contribution in [-0.4, -0.2) is 68.1 Å². The summed E-state index contributed by atoms with van der Waals surface area (Å²) in [4.78, 5) is 0. The molecule has 1 N–H and O–H groups in total. The van der Waals surface area contributed by atoms with Crippen LogP contribution in [0, 0.1) is 0 Å². The quantitative estimate of drug-likeness (QED) is 0.0522. The van der Waals surface area contributed by atoms with E-state index in [9.17, 15) is 4.21 Å². The Hall–Kier alpha value is -3.97. The standard InChI is InChI=1S/C50H63NO7SSi/c1-50(2,3)59(52)51-49(60(44-24-13-7-14-25-44,45-26-15-8-16-27-45)35-19-34-56-47-28-17-18-33-55-47)48(58-38-41-22-11-6-12-23-41)46(57-37-40-20-9-5-10-21-40)39-54-36-42-29-31-43(53-4)32-30-42/h5-16,20-27,29-32,46-49,51H,17-19,28,33-39H2,1-4H3/t46-,47?,48+,49+,59+/m1/s1. The maximum absolute atomic E-state index is 14.8. The van der Waals surface area contributed by atoms with Crippen molar-refractivity contribution in [2.24, 2.45) is 0 Å². The summed E-state index contributed by atoms with van der Waals surface area (Å²) in [5, 5.41) is 2.42. The zero-order valence-electron chi connectivity index (χ0n) is 35.7. The highest BCUT2D eigenvalue weighted by atomic mass is 32.2. The number of benzene rings is 5. The predicted octanol–water partition coefficient (Wildman–Crippen LogP) is 8.54. The van der Waals surface area contributed by atoms with Crippen molar-refractivity contribution >= 4 is 29.4 Å². The molecule has 8 nitrogen and oxygen atoms in total.